The highest BCUT2D eigenvalue weighted by atomic mass is 127. The standard InChI is InChI=1S/C16H27N3O2S.HI/c1-3-17-15(18-10-14-13(2)4-9-22-14)19-11-16(5-7-20)6-8-21-12-16;/h4,9,20H,3,5-8,10-12H2,1-2H3,(H2,17,18,19);1H. The third-order valence-electron chi connectivity index (χ3n) is 4.15. The number of rotatable bonds is 7. The zero-order valence-electron chi connectivity index (χ0n) is 13.9. The number of aliphatic hydroxyl groups excluding tert-OH is 1. The number of ether oxygens (including phenoxy) is 1. The first kappa shape index (κ1) is 20.7. The summed E-state index contributed by atoms with van der Waals surface area (Å²) in [4.78, 5) is 5.97. The first-order valence-electron chi connectivity index (χ1n) is 7.93. The Morgan fingerprint density at radius 1 is 1.48 bits per heavy atom. The number of aliphatic imine (C=N–C) groups is 1. The molecule has 0 radical (unpaired) electrons. The molecule has 23 heavy (non-hydrogen) atoms. The molecule has 1 aromatic heterocycles. The smallest absolute Gasteiger partial charge is 0.191 e. The summed E-state index contributed by atoms with van der Waals surface area (Å²) < 4.78 is 5.53. The second-order valence-corrected chi connectivity index (χ2v) is 6.85. The Hall–Kier alpha value is -0.380. The molecule has 0 aromatic carbocycles. The lowest BCUT2D eigenvalue weighted by Gasteiger charge is -2.27. The highest BCUT2D eigenvalue weighted by Gasteiger charge is 2.34. The summed E-state index contributed by atoms with van der Waals surface area (Å²) in [5, 5.41) is 18.1. The molecule has 1 unspecified atom stereocenters. The highest BCUT2D eigenvalue weighted by molar-refractivity contribution is 14.0. The van der Waals surface area contributed by atoms with Gasteiger partial charge in [0.1, 0.15) is 0 Å². The molecule has 0 bridgehead atoms. The highest BCUT2D eigenvalue weighted by Crippen LogP contribution is 2.31. The van der Waals surface area contributed by atoms with Crippen LogP contribution in [0.4, 0.5) is 0 Å². The van der Waals surface area contributed by atoms with Crippen molar-refractivity contribution in [1.82, 2.24) is 10.6 Å². The fourth-order valence-corrected chi connectivity index (χ4v) is 3.47. The quantitative estimate of drug-likeness (QED) is 0.337. The van der Waals surface area contributed by atoms with Crippen LogP contribution in [-0.2, 0) is 11.3 Å². The van der Waals surface area contributed by atoms with E-state index in [-0.39, 0.29) is 36.0 Å². The van der Waals surface area contributed by atoms with Crippen molar-refractivity contribution in [2.75, 3.05) is 32.9 Å². The van der Waals surface area contributed by atoms with Gasteiger partial charge in [0.15, 0.2) is 5.96 Å². The van der Waals surface area contributed by atoms with Gasteiger partial charge >= 0.3 is 0 Å². The topological polar surface area (TPSA) is 65.9 Å². The van der Waals surface area contributed by atoms with Crippen molar-refractivity contribution in [2.24, 2.45) is 10.4 Å². The molecule has 5 nitrogen and oxygen atoms in total. The Labute approximate surface area is 159 Å². The lowest BCUT2D eigenvalue weighted by atomic mass is 9.84. The van der Waals surface area contributed by atoms with Gasteiger partial charge in [-0.3, -0.25) is 0 Å². The monoisotopic (exact) mass is 453 g/mol. The first-order chi connectivity index (χ1) is 10.7. The largest absolute Gasteiger partial charge is 0.396 e. The van der Waals surface area contributed by atoms with Gasteiger partial charge in [0.05, 0.1) is 13.2 Å². The molecule has 1 saturated heterocycles. The Bertz CT molecular complexity index is 487. The van der Waals surface area contributed by atoms with E-state index in [1.165, 1.54) is 10.4 Å². The predicted molar refractivity (Wildman–Crippen MR) is 107 cm³/mol. The van der Waals surface area contributed by atoms with E-state index < -0.39 is 0 Å². The first-order valence-corrected chi connectivity index (χ1v) is 8.81. The summed E-state index contributed by atoms with van der Waals surface area (Å²) in [6.45, 7) is 8.19. The van der Waals surface area contributed by atoms with Crippen LogP contribution in [0.3, 0.4) is 0 Å². The fourth-order valence-electron chi connectivity index (χ4n) is 2.64. The van der Waals surface area contributed by atoms with Gasteiger partial charge in [-0.25, -0.2) is 4.99 Å². The number of hydrogen-bond acceptors (Lipinski definition) is 4. The molecule has 0 aliphatic carbocycles. The zero-order valence-corrected chi connectivity index (χ0v) is 17.1. The third-order valence-corrected chi connectivity index (χ3v) is 5.16. The van der Waals surface area contributed by atoms with Crippen LogP contribution in [0.25, 0.3) is 0 Å². The molecule has 1 aromatic rings. The number of nitrogens with zero attached hydrogens (tertiary/aromatic N) is 1. The van der Waals surface area contributed by atoms with E-state index in [1.54, 1.807) is 11.3 Å². The number of guanidine groups is 1. The molecular formula is C16H28IN3O2S. The van der Waals surface area contributed by atoms with Gasteiger partial charge < -0.3 is 20.5 Å². The Balaban J connectivity index is 0.00000264. The lowest BCUT2D eigenvalue weighted by molar-refractivity contribution is 0.127. The maximum atomic E-state index is 9.29. The van der Waals surface area contributed by atoms with E-state index >= 15 is 0 Å². The Kier molecular flexibility index (Phi) is 9.41. The molecule has 1 fully saturated rings. The van der Waals surface area contributed by atoms with Gasteiger partial charge in [0.2, 0.25) is 0 Å². The molecule has 7 heteroatoms. The zero-order chi connectivity index (χ0) is 15.8. The third kappa shape index (κ3) is 6.21. The summed E-state index contributed by atoms with van der Waals surface area (Å²) in [5.74, 6) is 0.833. The van der Waals surface area contributed by atoms with E-state index in [0.29, 0.717) is 13.2 Å². The van der Waals surface area contributed by atoms with E-state index in [1.807, 2.05) is 0 Å². The van der Waals surface area contributed by atoms with Gasteiger partial charge in [-0.15, -0.1) is 35.3 Å². The SMILES string of the molecule is CCNC(=NCc1sccc1C)NCC1(CCO)CCOC1.I. The van der Waals surface area contributed by atoms with E-state index in [9.17, 15) is 5.11 Å². The van der Waals surface area contributed by atoms with E-state index in [2.05, 4.69) is 40.9 Å². The van der Waals surface area contributed by atoms with Crippen LogP contribution in [-0.4, -0.2) is 44.0 Å². The molecule has 2 heterocycles. The van der Waals surface area contributed by atoms with Crippen LogP contribution in [0.2, 0.25) is 0 Å². The normalized spacial score (nSPS) is 21.1. The summed E-state index contributed by atoms with van der Waals surface area (Å²) in [6, 6.07) is 2.13. The summed E-state index contributed by atoms with van der Waals surface area (Å²) in [7, 11) is 0. The molecule has 0 amide bonds. The van der Waals surface area contributed by atoms with Gasteiger partial charge in [-0.2, -0.15) is 0 Å². The number of thiophene rings is 1. The average molecular weight is 453 g/mol. The van der Waals surface area contributed by atoms with Crippen molar-refractivity contribution >= 4 is 41.3 Å². The summed E-state index contributed by atoms with van der Waals surface area (Å²) in [6.07, 6.45) is 1.76. The number of aliphatic hydroxyl groups is 1. The maximum absolute atomic E-state index is 9.29. The van der Waals surface area contributed by atoms with Crippen molar-refractivity contribution in [3.63, 3.8) is 0 Å². The number of hydrogen-bond donors (Lipinski definition) is 3. The Morgan fingerprint density at radius 3 is 2.87 bits per heavy atom. The van der Waals surface area contributed by atoms with Crippen LogP contribution in [0.5, 0.6) is 0 Å². The van der Waals surface area contributed by atoms with Crippen molar-refractivity contribution in [3.8, 4) is 0 Å². The van der Waals surface area contributed by atoms with Gasteiger partial charge in [-0.05, 0) is 43.7 Å². The van der Waals surface area contributed by atoms with Crippen LogP contribution in [0.15, 0.2) is 16.4 Å². The Morgan fingerprint density at radius 2 is 2.30 bits per heavy atom. The number of halogens is 1. The van der Waals surface area contributed by atoms with Crippen molar-refractivity contribution in [1.29, 1.82) is 0 Å². The van der Waals surface area contributed by atoms with E-state index in [4.69, 9.17) is 4.74 Å². The summed E-state index contributed by atoms with van der Waals surface area (Å²) in [5.41, 5.74) is 1.33. The van der Waals surface area contributed by atoms with E-state index in [0.717, 1.165) is 38.5 Å². The molecular weight excluding hydrogens is 425 g/mol. The molecule has 1 aliphatic rings. The van der Waals surface area contributed by atoms with Gasteiger partial charge in [0.25, 0.3) is 0 Å². The van der Waals surface area contributed by atoms with Gasteiger partial charge in [0, 0.05) is 36.6 Å². The van der Waals surface area contributed by atoms with Crippen LogP contribution < -0.4 is 10.6 Å². The van der Waals surface area contributed by atoms with Crippen molar-refractivity contribution < 1.29 is 9.84 Å². The minimum atomic E-state index is 0. The molecule has 2 rings (SSSR count). The summed E-state index contributed by atoms with van der Waals surface area (Å²) >= 11 is 1.74. The van der Waals surface area contributed by atoms with Crippen molar-refractivity contribution in [3.05, 3.63) is 21.9 Å². The maximum Gasteiger partial charge on any atom is 0.191 e. The molecule has 1 atom stereocenters. The fraction of sp³-hybridized carbons (Fsp3) is 0.688. The van der Waals surface area contributed by atoms with Crippen LogP contribution in [0, 0.1) is 12.3 Å². The second-order valence-electron chi connectivity index (χ2n) is 5.85. The molecule has 0 saturated carbocycles. The number of aryl methyl sites for hydroxylation is 1. The molecule has 132 valence electrons. The van der Waals surface area contributed by atoms with Gasteiger partial charge in [-0.1, -0.05) is 0 Å². The number of nitrogens with one attached hydrogen (secondary N) is 2. The minimum Gasteiger partial charge on any atom is -0.396 e. The van der Waals surface area contributed by atoms with Crippen molar-refractivity contribution in [2.45, 2.75) is 33.2 Å². The average Bonchev–Trinajstić information content (AvgIpc) is 3.12. The molecule has 3 N–H and O–H groups in total. The van der Waals surface area contributed by atoms with Crippen LogP contribution >= 0.6 is 35.3 Å². The second kappa shape index (κ2) is 10.5. The molecule has 1 aliphatic heterocycles. The molecule has 0 spiro atoms. The lowest BCUT2D eigenvalue weighted by Crippen LogP contribution is -2.44. The van der Waals surface area contributed by atoms with Crippen LogP contribution in [0.1, 0.15) is 30.2 Å². The predicted octanol–water partition coefficient (Wildman–Crippen LogP) is 2.52. The minimum absolute atomic E-state index is 0.